The fourth-order valence-corrected chi connectivity index (χ4v) is 2.23. The van der Waals surface area contributed by atoms with E-state index in [1.165, 1.54) is 24.5 Å². The highest BCUT2D eigenvalue weighted by atomic mass is 19.1. The van der Waals surface area contributed by atoms with Gasteiger partial charge in [0, 0.05) is 24.9 Å². The molecule has 3 rings (SSSR count). The van der Waals surface area contributed by atoms with Gasteiger partial charge in [-0.2, -0.15) is 0 Å². The van der Waals surface area contributed by atoms with E-state index in [1.54, 1.807) is 31.5 Å². The first-order valence-electron chi connectivity index (χ1n) is 7.26. The number of hydrogen-bond donors (Lipinski definition) is 2. The second-order valence-corrected chi connectivity index (χ2v) is 5.01. The third-order valence-corrected chi connectivity index (χ3v) is 3.39. The number of fused-ring (bicyclic) bond motifs is 1. The number of benzene rings is 1. The zero-order chi connectivity index (χ0) is 16.9. The molecule has 122 valence electrons. The zero-order valence-corrected chi connectivity index (χ0v) is 12.9. The molecule has 0 unspecified atom stereocenters. The Balaban J connectivity index is 1.88. The lowest BCUT2D eigenvalue weighted by Gasteiger charge is -2.07. The highest BCUT2D eigenvalue weighted by Gasteiger charge is 2.11. The summed E-state index contributed by atoms with van der Waals surface area (Å²) in [4.78, 5) is 22.6. The van der Waals surface area contributed by atoms with Crippen molar-refractivity contribution in [3.8, 4) is 5.88 Å². The molecular weight excluding hydrogens is 311 g/mol. The van der Waals surface area contributed by atoms with Gasteiger partial charge in [-0.05, 0) is 23.8 Å². The lowest BCUT2D eigenvalue weighted by molar-refractivity contribution is -0.115. The number of rotatable bonds is 5. The van der Waals surface area contributed by atoms with E-state index < -0.39 is 0 Å². The van der Waals surface area contributed by atoms with Crippen molar-refractivity contribution in [3.05, 3.63) is 59.8 Å². The molecule has 0 atom stereocenters. The van der Waals surface area contributed by atoms with Crippen molar-refractivity contribution in [3.63, 3.8) is 0 Å². The van der Waals surface area contributed by atoms with Crippen LogP contribution in [0.1, 0.15) is 11.1 Å². The van der Waals surface area contributed by atoms with E-state index in [2.05, 4.69) is 20.3 Å². The van der Waals surface area contributed by atoms with Crippen molar-refractivity contribution < 1.29 is 13.9 Å². The minimum atomic E-state index is -0.320. The van der Waals surface area contributed by atoms with Gasteiger partial charge in [-0.15, -0.1) is 0 Å². The summed E-state index contributed by atoms with van der Waals surface area (Å²) in [5, 5.41) is 3.17. The highest BCUT2D eigenvalue weighted by molar-refractivity contribution is 5.96. The number of halogens is 1. The van der Waals surface area contributed by atoms with Crippen molar-refractivity contribution in [2.75, 3.05) is 7.05 Å². The van der Waals surface area contributed by atoms with Gasteiger partial charge in [0.2, 0.25) is 11.8 Å². The number of carbonyl (C=O) groups is 1. The van der Waals surface area contributed by atoms with Crippen LogP contribution < -0.4 is 10.1 Å². The number of aromatic amines is 1. The van der Waals surface area contributed by atoms with Gasteiger partial charge in [-0.25, -0.2) is 14.4 Å². The summed E-state index contributed by atoms with van der Waals surface area (Å²) in [5.41, 5.74) is 2.01. The molecule has 0 spiro atoms. The van der Waals surface area contributed by atoms with Gasteiger partial charge >= 0.3 is 0 Å². The molecule has 0 bridgehead atoms. The maximum atomic E-state index is 13.2. The number of amides is 1. The normalized spacial score (nSPS) is 11.1. The molecule has 0 aliphatic heterocycles. The Kier molecular flexibility index (Phi) is 4.51. The number of nitrogens with zero attached hydrogens (tertiary/aromatic N) is 2. The maximum Gasteiger partial charge on any atom is 0.243 e. The fourth-order valence-electron chi connectivity index (χ4n) is 2.23. The lowest BCUT2D eigenvalue weighted by Crippen LogP contribution is -2.13. The molecule has 6 nitrogen and oxygen atoms in total. The Morgan fingerprint density at radius 3 is 3.08 bits per heavy atom. The van der Waals surface area contributed by atoms with Crippen LogP contribution in [0.15, 0.2) is 42.9 Å². The summed E-state index contributed by atoms with van der Waals surface area (Å²) in [6, 6.07) is 6.17. The average Bonchev–Trinajstić information content (AvgIpc) is 3.01. The van der Waals surface area contributed by atoms with Crippen LogP contribution >= 0.6 is 0 Å². The van der Waals surface area contributed by atoms with Crippen molar-refractivity contribution in [2.45, 2.75) is 6.61 Å². The first-order valence-corrected chi connectivity index (χ1v) is 7.26. The number of H-pyrrole nitrogens is 1. The van der Waals surface area contributed by atoms with Gasteiger partial charge in [0.05, 0.1) is 5.39 Å². The Bertz CT molecular complexity index is 904. The Labute approximate surface area is 137 Å². The summed E-state index contributed by atoms with van der Waals surface area (Å²) in [6.45, 7) is 0.174. The second-order valence-electron chi connectivity index (χ2n) is 5.01. The molecule has 0 radical (unpaired) electrons. The molecule has 2 aromatic heterocycles. The van der Waals surface area contributed by atoms with Crippen molar-refractivity contribution in [2.24, 2.45) is 0 Å². The maximum absolute atomic E-state index is 13.2. The second kappa shape index (κ2) is 6.91. The molecule has 3 aromatic rings. The summed E-state index contributed by atoms with van der Waals surface area (Å²) in [6.07, 6.45) is 6.15. The quantitative estimate of drug-likeness (QED) is 0.706. The highest BCUT2D eigenvalue weighted by Crippen LogP contribution is 2.26. The van der Waals surface area contributed by atoms with Gasteiger partial charge in [-0.1, -0.05) is 12.1 Å². The molecule has 24 heavy (non-hydrogen) atoms. The fraction of sp³-hybridized carbons (Fsp3) is 0.118. The lowest BCUT2D eigenvalue weighted by atomic mass is 10.2. The van der Waals surface area contributed by atoms with Crippen LogP contribution in [-0.2, 0) is 11.4 Å². The molecule has 7 heteroatoms. The third-order valence-electron chi connectivity index (χ3n) is 3.39. The van der Waals surface area contributed by atoms with Crippen LogP contribution in [0.25, 0.3) is 17.1 Å². The number of hydrogen-bond acceptors (Lipinski definition) is 4. The van der Waals surface area contributed by atoms with Crippen LogP contribution in [0.3, 0.4) is 0 Å². The van der Waals surface area contributed by atoms with E-state index >= 15 is 0 Å². The molecule has 0 aliphatic carbocycles. The third kappa shape index (κ3) is 3.40. The molecule has 0 fully saturated rings. The molecule has 0 aliphatic rings. The van der Waals surface area contributed by atoms with E-state index in [1.807, 2.05) is 0 Å². The zero-order valence-electron chi connectivity index (χ0n) is 12.9. The first-order chi connectivity index (χ1) is 11.7. The van der Waals surface area contributed by atoms with Gasteiger partial charge in [-0.3, -0.25) is 4.79 Å². The van der Waals surface area contributed by atoms with Crippen LogP contribution in [0, 0.1) is 5.82 Å². The van der Waals surface area contributed by atoms with E-state index in [-0.39, 0.29) is 18.3 Å². The minimum absolute atomic E-state index is 0.174. The smallest absolute Gasteiger partial charge is 0.243 e. The van der Waals surface area contributed by atoms with E-state index in [0.717, 1.165) is 5.56 Å². The first kappa shape index (κ1) is 15.7. The van der Waals surface area contributed by atoms with Crippen molar-refractivity contribution in [1.82, 2.24) is 20.3 Å². The van der Waals surface area contributed by atoms with Crippen LogP contribution in [0.2, 0.25) is 0 Å². The van der Waals surface area contributed by atoms with E-state index in [0.29, 0.717) is 22.5 Å². The summed E-state index contributed by atoms with van der Waals surface area (Å²) >= 11 is 0. The number of carbonyl (C=O) groups excluding carboxylic acids is 1. The molecule has 0 saturated carbocycles. The standard InChI is InChI=1S/C17H15FN4O2/c1-19-14(23)6-5-12-8-20-16-15(12)17(22-10-21-16)24-9-11-3-2-4-13(18)7-11/h2-8,10H,9H2,1H3,(H,19,23)(H,20,21,22). The minimum Gasteiger partial charge on any atom is -0.472 e. The van der Waals surface area contributed by atoms with E-state index in [9.17, 15) is 9.18 Å². The van der Waals surface area contributed by atoms with Gasteiger partial charge in [0.1, 0.15) is 24.4 Å². The SMILES string of the molecule is CNC(=O)C=Cc1c[nH]c2ncnc(OCc3cccc(F)c3)c12. The number of ether oxygens (including phenoxy) is 1. The summed E-state index contributed by atoms with van der Waals surface area (Å²) < 4.78 is 19.0. The molecular formula is C17H15FN4O2. The summed E-state index contributed by atoms with van der Waals surface area (Å²) in [7, 11) is 1.55. The Hall–Kier alpha value is -3.22. The summed E-state index contributed by atoms with van der Waals surface area (Å²) in [5.74, 6) is -0.176. The predicted octanol–water partition coefficient (Wildman–Crippen LogP) is 2.44. The molecule has 2 heterocycles. The van der Waals surface area contributed by atoms with Gasteiger partial charge in [0.15, 0.2) is 0 Å². The topological polar surface area (TPSA) is 79.9 Å². The van der Waals surface area contributed by atoms with Crippen molar-refractivity contribution >= 4 is 23.0 Å². The number of aromatic nitrogens is 3. The molecule has 1 aromatic carbocycles. The van der Waals surface area contributed by atoms with Crippen LogP contribution in [0.4, 0.5) is 4.39 Å². The van der Waals surface area contributed by atoms with Crippen LogP contribution in [0.5, 0.6) is 5.88 Å². The monoisotopic (exact) mass is 326 g/mol. The van der Waals surface area contributed by atoms with Crippen LogP contribution in [-0.4, -0.2) is 27.9 Å². The molecule has 2 N–H and O–H groups in total. The average molecular weight is 326 g/mol. The predicted molar refractivity (Wildman–Crippen MR) is 87.7 cm³/mol. The Morgan fingerprint density at radius 1 is 1.42 bits per heavy atom. The molecule has 0 saturated heterocycles. The molecule has 1 amide bonds. The Morgan fingerprint density at radius 2 is 2.29 bits per heavy atom. The van der Waals surface area contributed by atoms with Crippen molar-refractivity contribution in [1.29, 1.82) is 0 Å². The van der Waals surface area contributed by atoms with Gasteiger partial charge in [0.25, 0.3) is 0 Å². The number of nitrogens with one attached hydrogen (secondary N) is 2. The number of likely N-dealkylation sites (N-methyl/N-ethyl adjacent to an activating group) is 1. The van der Waals surface area contributed by atoms with Gasteiger partial charge < -0.3 is 15.0 Å². The largest absolute Gasteiger partial charge is 0.472 e. The van der Waals surface area contributed by atoms with E-state index in [4.69, 9.17) is 4.74 Å².